The minimum Gasteiger partial charge on any atom is -0.460 e. The molecule has 0 unspecified atom stereocenters. The van der Waals surface area contributed by atoms with E-state index in [1.165, 1.54) is 36.0 Å². The van der Waals surface area contributed by atoms with Gasteiger partial charge in [-0.2, -0.15) is 5.10 Å². The van der Waals surface area contributed by atoms with Crippen LogP contribution in [0.2, 0.25) is 0 Å². The van der Waals surface area contributed by atoms with Crippen LogP contribution in [0.3, 0.4) is 0 Å². The molecular formula is C29H32N4O6. The van der Waals surface area contributed by atoms with Crippen molar-refractivity contribution >= 4 is 29.9 Å². The molecule has 1 aliphatic carbocycles. The molecular weight excluding hydrogens is 500 g/mol. The van der Waals surface area contributed by atoms with E-state index in [2.05, 4.69) is 10.5 Å². The third-order valence-electron chi connectivity index (χ3n) is 6.82. The average Bonchev–Trinajstić information content (AvgIpc) is 3.40. The third kappa shape index (κ3) is 7.61. The lowest BCUT2D eigenvalue weighted by Gasteiger charge is -2.33. The number of fused-ring (bicyclic) bond motifs is 1. The molecule has 0 radical (unpaired) electrons. The van der Waals surface area contributed by atoms with E-state index in [0.717, 1.165) is 30.4 Å². The number of nitrogens with zero attached hydrogens (tertiary/aromatic N) is 2. The average molecular weight is 533 g/mol. The van der Waals surface area contributed by atoms with E-state index in [1.807, 2.05) is 41.3 Å². The summed E-state index contributed by atoms with van der Waals surface area (Å²) in [6.45, 7) is 0.378. The van der Waals surface area contributed by atoms with Crippen molar-refractivity contribution in [1.29, 1.82) is 0 Å². The zero-order chi connectivity index (χ0) is 27.6. The number of hydrogen-bond donors (Lipinski definition) is 3. The summed E-state index contributed by atoms with van der Waals surface area (Å²) < 4.78 is 5.76. The monoisotopic (exact) mass is 532 g/mol. The molecule has 1 saturated carbocycles. The standard InChI is InChI=1S/C29H32N4O6/c34-26-11-3-1-2-4-12-27(35)39-25-10-6-9-24(25)33(26)19-21-8-5-7-20(17-21)18-30-31-28(36)22-13-15-23(16-14-22)29(37)32-38/h1-2,5,7-8,13-18,24-25,38H,3-4,6,9-12,19H2,(H,31,36)(H,32,37)/b2-1+,30-18+/t24-,25-/m0/s1. The van der Waals surface area contributed by atoms with Gasteiger partial charge >= 0.3 is 5.97 Å². The summed E-state index contributed by atoms with van der Waals surface area (Å²) in [5, 5.41) is 12.7. The lowest BCUT2D eigenvalue weighted by Crippen LogP contribution is -2.45. The summed E-state index contributed by atoms with van der Waals surface area (Å²) in [4.78, 5) is 51.2. The second-order valence-corrected chi connectivity index (χ2v) is 9.56. The fraction of sp³-hybridized carbons (Fsp3) is 0.345. The lowest BCUT2D eigenvalue weighted by molar-refractivity contribution is -0.154. The van der Waals surface area contributed by atoms with Gasteiger partial charge < -0.3 is 9.64 Å². The summed E-state index contributed by atoms with van der Waals surface area (Å²) in [6, 6.07) is 13.1. The molecule has 1 fully saturated rings. The number of nitrogens with one attached hydrogen (secondary N) is 2. The van der Waals surface area contributed by atoms with Crippen LogP contribution in [0.1, 0.15) is 76.8 Å². The van der Waals surface area contributed by atoms with Gasteiger partial charge in [-0.05, 0) is 73.6 Å². The second-order valence-electron chi connectivity index (χ2n) is 9.56. The van der Waals surface area contributed by atoms with Gasteiger partial charge in [0.15, 0.2) is 0 Å². The van der Waals surface area contributed by atoms with Crippen molar-refractivity contribution in [2.45, 2.75) is 63.6 Å². The molecule has 2 atom stereocenters. The Bertz CT molecular complexity index is 1260. The van der Waals surface area contributed by atoms with Gasteiger partial charge in [0.2, 0.25) is 5.91 Å². The number of benzene rings is 2. The van der Waals surface area contributed by atoms with Crippen molar-refractivity contribution in [1.82, 2.24) is 15.8 Å². The molecule has 1 aliphatic heterocycles. The molecule has 2 aromatic rings. The van der Waals surface area contributed by atoms with E-state index in [1.54, 1.807) is 0 Å². The zero-order valence-electron chi connectivity index (χ0n) is 21.5. The Balaban J connectivity index is 1.43. The Kier molecular flexibility index (Phi) is 9.58. The molecule has 0 spiro atoms. The molecule has 1 heterocycles. The van der Waals surface area contributed by atoms with Crippen molar-refractivity contribution in [3.8, 4) is 0 Å². The Morgan fingerprint density at radius 3 is 2.46 bits per heavy atom. The number of ether oxygens (including phenoxy) is 1. The fourth-order valence-electron chi connectivity index (χ4n) is 4.84. The third-order valence-corrected chi connectivity index (χ3v) is 6.82. The first-order valence-electron chi connectivity index (χ1n) is 13.1. The number of esters is 1. The lowest BCUT2D eigenvalue weighted by atomic mass is 10.1. The SMILES string of the molecule is O=C1CC/C=C/CCC(=O)N(Cc2cccc(/C=N/NC(=O)c3ccc(C(=O)NO)cc3)c2)[C@H]2CCC[C@@H]2O1. The minimum atomic E-state index is -0.671. The van der Waals surface area contributed by atoms with E-state index in [4.69, 9.17) is 9.94 Å². The van der Waals surface area contributed by atoms with Crippen LogP contribution in [-0.4, -0.2) is 52.2 Å². The van der Waals surface area contributed by atoms with Gasteiger partial charge in [-0.15, -0.1) is 0 Å². The highest BCUT2D eigenvalue weighted by atomic mass is 16.5. The van der Waals surface area contributed by atoms with Gasteiger partial charge in [-0.3, -0.25) is 24.4 Å². The number of carbonyl (C=O) groups excluding carboxylic acids is 4. The summed E-state index contributed by atoms with van der Waals surface area (Å²) in [5.41, 5.74) is 6.13. The molecule has 0 saturated heterocycles. The molecule has 4 rings (SSSR count). The van der Waals surface area contributed by atoms with E-state index < -0.39 is 11.8 Å². The maximum atomic E-state index is 13.2. The highest BCUT2D eigenvalue weighted by molar-refractivity contribution is 5.97. The van der Waals surface area contributed by atoms with Crippen molar-refractivity contribution in [2.24, 2.45) is 5.10 Å². The van der Waals surface area contributed by atoms with Crippen LogP contribution in [-0.2, 0) is 20.9 Å². The first kappa shape index (κ1) is 27.7. The van der Waals surface area contributed by atoms with Crippen LogP contribution >= 0.6 is 0 Å². The van der Waals surface area contributed by atoms with Gasteiger partial charge in [-0.1, -0.05) is 30.4 Å². The molecule has 3 amide bonds. The maximum Gasteiger partial charge on any atom is 0.306 e. The number of hydrogen-bond acceptors (Lipinski definition) is 7. The van der Waals surface area contributed by atoms with Gasteiger partial charge in [0.25, 0.3) is 11.8 Å². The van der Waals surface area contributed by atoms with Gasteiger partial charge in [-0.25, -0.2) is 10.9 Å². The first-order valence-corrected chi connectivity index (χ1v) is 13.1. The number of hydroxylamine groups is 1. The molecule has 0 bridgehead atoms. The fourth-order valence-corrected chi connectivity index (χ4v) is 4.84. The van der Waals surface area contributed by atoms with Crippen LogP contribution in [0.5, 0.6) is 0 Å². The molecule has 2 aromatic carbocycles. The van der Waals surface area contributed by atoms with Crippen LogP contribution in [0, 0.1) is 0 Å². The Labute approximate surface area is 226 Å². The molecule has 204 valence electrons. The van der Waals surface area contributed by atoms with E-state index in [9.17, 15) is 19.2 Å². The molecule has 2 aliphatic rings. The van der Waals surface area contributed by atoms with Crippen molar-refractivity contribution < 1.29 is 29.1 Å². The van der Waals surface area contributed by atoms with Crippen LogP contribution < -0.4 is 10.9 Å². The number of rotatable bonds is 6. The molecule has 0 aromatic heterocycles. The molecule has 10 nitrogen and oxygen atoms in total. The number of hydrazone groups is 1. The largest absolute Gasteiger partial charge is 0.460 e. The van der Waals surface area contributed by atoms with Crippen LogP contribution in [0.4, 0.5) is 0 Å². The Morgan fingerprint density at radius 2 is 1.72 bits per heavy atom. The zero-order valence-corrected chi connectivity index (χ0v) is 21.5. The number of amides is 3. The van der Waals surface area contributed by atoms with E-state index in [-0.39, 0.29) is 29.6 Å². The topological polar surface area (TPSA) is 137 Å². The van der Waals surface area contributed by atoms with Crippen molar-refractivity contribution in [3.63, 3.8) is 0 Å². The van der Waals surface area contributed by atoms with Crippen LogP contribution in [0.25, 0.3) is 0 Å². The van der Waals surface area contributed by atoms with E-state index >= 15 is 0 Å². The van der Waals surface area contributed by atoms with Gasteiger partial charge in [0.1, 0.15) is 6.10 Å². The highest BCUT2D eigenvalue weighted by Crippen LogP contribution is 2.30. The Morgan fingerprint density at radius 1 is 1.00 bits per heavy atom. The summed E-state index contributed by atoms with van der Waals surface area (Å²) in [5.74, 6) is -1.33. The number of carbonyl (C=O) groups is 4. The van der Waals surface area contributed by atoms with Crippen LogP contribution in [0.15, 0.2) is 65.8 Å². The maximum absolute atomic E-state index is 13.2. The van der Waals surface area contributed by atoms with Crippen molar-refractivity contribution in [2.75, 3.05) is 0 Å². The smallest absolute Gasteiger partial charge is 0.306 e. The number of allylic oxidation sites excluding steroid dienone is 2. The first-order chi connectivity index (χ1) is 18.9. The van der Waals surface area contributed by atoms with E-state index in [0.29, 0.717) is 37.8 Å². The molecule has 10 heteroatoms. The normalized spacial score (nSPS) is 20.9. The Hall–Kier alpha value is -4.31. The van der Waals surface area contributed by atoms with Gasteiger partial charge in [0, 0.05) is 30.5 Å². The molecule has 3 N–H and O–H groups in total. The minimum absolute atomic E-state index is 0.0296. The summed E-state index contributed by atoms with van der Waals surface area (Å²) >= 11 is 0. The molecule has 39 heavy (non-hydrogen) atoms. The predicted molar refractivity (Wildman–Crippen MR) is 143 cm³/mol. The second kappa shape index (κ2) is 13.5. The quantitative estimate of drug-likeness (QED) is 0.171. The summed E-state index contributed by atoms with van der Waals surface area (Å²) in [7, 11) is 0. The van der Waals surface area contributed by atoms with Crippen molar-refractivity contribution in [3.05, 3.63) is 82.9 Å². The van der Waals surface area contributed by atoms with Gasteiger partial charge in [0.05, 0.1) is 12.3 Å². The predicted octanol–water partition coefficient (Wildman–Crippen LogP) is 3.49. The highest BCUT2D eigenvalue weighted by Gasteiger charge is 2.37. The summed E-state index contributed by atoms with van der Waals surface area (Å²) in [6.07, 6.45) is 9.53.